The van der Waals surface area contributed by atoms with E-state index < -0.39 is 0 Å². The van der Waals surface area contributed by atoms with Crippen molar-refractivity contribution in [2.75, 3.05) is 0 Å². The Hall–Kier alpha value is -1.66. The number of unbranched alkanes of at least 4 members (excludes halogenated alkanes) is 4. The van der Waals surface area contributed by atoms with Gasteiger partial charge in [-0.15, -0.1) is 6.58 Å². The van der Waals surface area contributed by atoms with Gasteiger partial charge in [-0.25, -0.2) is 0 Å². The molecule has 90 valence electrons. The maximum Gasteiger partial charge on any atom is 0.00963 e. The zero-order valence-electron chi connectivity index (χ0n) is 10.8. The molecule has 0 saturated heterocycles. The van der Waals surface area contributed by atoms with Crippen LogP contribution < -0.4 is 0 Å². The first-order valence-electron chi connectivity index (χ1n) is 6.32. The molecule has 0 aliphatic rings. The van der Waals surface area contributed by atoms with E-state index in [-0.39, 0.29) is 0 Å². The summed E-state index contributed by atoms with van der Waals surface area (Å²) in [6.45, 7) is 5.81. The first-order chi connectivity index (χ1) is 8.41. The van der Waals surface area contributed by atoms with Gasteiger partial charge in [0.2, 0.25) is 0 Å². The Morgan fingerprint density at radius 2 is 1.88 bits per heavy atom. The third kappa shape index (κ3) is 14.3. The normalized spacial score (nSPS) is 9.71. The van der Waals surface area contributed by atoms with Gasteiger partial charge in [0.05, 0.1) is 0 Å². The molecule has 0 radical (unpaired) electrons. The summed E-state index contributed by atoms with van der Waals surface area (Å²) in [5.74, 6) is 11.5. The highest BCUT2D eigenvalue weighted by Crippen LogP contribution is 2.00. The van der Waals surface area contributed by atoms with Gasteiger partial charge in [0, 0.05) is 6.42 Å². The monoisotopic (exact) mass is 226 g/mol. The Morgan fingerprint density at radius 3 is 2.65 bits per heavy atom. The van der Waals surface area contributed by atoms with E-state index >= 15 is 0 Å². The van der Waals surface area contributed by atoms with Crippen molar-refractivity contribution >= 4 is 0 Å². The molecule has 0 fully saturated rings. The number of allylic oxidation sites excluding steroid dienone is 5. The van der Waals surface area contributed by atoms with Crippen molar-refractivity contribution in [3.8, 4) is 23.7 Å². The molecule has 0 saturated carbocycles. The molecule has 0 N–H and O–H groups in total. The maximum atomic E-state index is 3.70. The molecule has 0 atom stereocenters. The summed E-state index contributed by atoms with van der Waals surface area (Å²) in [6.07, 6.45) is 16.7. The Balaban J connectivity index is 3.56. The van der Waals surface area contributed by atoms with Gasteiger partial charge in [-0.1, -0.05) is 43.1 Å². The Kier molecular flexibility index (Phi) is 12.9. The van der Waals surface area contributed by atoms with Crippen LogP contribution in [-0.2, 0) is 0 Å². The van der Waals surface area contributed by atoms with E-state index in [1.165, 1.54) is 12.8 Å². The van der Waals surface area contributed by atoms with Crippen LogP contribution >= 0.6 is 0 Å². The quantitative estimate of drug-likeness (QED) is 0.256. The highest BCUT2D eigenvalue weighted by Gasteiger charge is 1.80. The van der Waals surface area contributed by atoms with Crippen LogP contribution in [-0.4, -0.2) is 0 Å². The van der Waals surface area contributed by atoms with Gasteiger partial charge in [0.25, 0.3) is 0 Å². The van der Waals surface area contributed by atoms with E-state index in [2.05, 4.69) is 43.3 Å². The third-order valence-corrected chi connectivity index (χ3v) is 2.05. The Morgan fingerprint density at radius 1 is 1.06 bits per heavy atom. The lowest BCUT2D eigenvalue weighted by atomic mass is 10.2. The van der Waals surface area contributed by atoms with Gasteiger partial charge < -0.3 is 0 Å². The molecule has 17 heavy (non-hydrogen) atoms. The standard InChI is InChI=1S/C17H22/c1-3-5-7-9-11-13-15-17-16-14-12-10-8-6-4-2/h3,13,15-17H,1,4-7,9,11H2,2H3. The zero-order valence-corrected chi connectivity index (χ0v) is 10.8. The van der Waals surface area contributed by atoms with E-state index in [9.17, 15) is 0 Å². The second-order valence-electron chi connectivity index (χ2n) is 3.68. The van der Waals surface area contributed by atoms with Crippen molar-refractivity contribution in [1.29, 1.82) is 0 Å². The van der Waals surface area contributed by atoms with Crippen LogP contribution in [0.5, 0.6) is 0 Å². The highest BCUT2D eigenvalue weighted by atomic mass is 13.9. The fourth-order valence-electron chi connectivity index (χ4n) is 1.14. The average Bonchev–Trinajstić information content (AvgIpc) is 2.35. The molecular formula is C17H22. The number of hydrogen-bond donors (Lipinski definition) is 0. The van der Waals surface area contributed by atoms with Crippen LogP contribution in [0.3, 0.4) is 0 Å². The summed E-state index contributed by atoms with van der Waals surface area (Å²) in [6, 6.07) is 0. The number of rotatable bonds is 7. The van der Waals surface area contributed by atoms with Gasteiger partial charge >= 0.3 is 0 Å². The smallest absolute Gasteiger partial charge is 0.00963 e. The highest BCUT2D eigenvalue weighted by molar-refractivity contribution is 5.31. The van der Waals surface area contributed by atoms with Crippen molar-refractivity contribution in [2.45, 2.75) is 45.4 Å². The van der Waals surface area contributed by atoms with Gasteiger partial charge in [-0.05, 0) is 50.0 Å². The molecular weight excluding hydrogens is 204 g/mol. The predicted octanol–water partition coefficient (Wildman–Crippen LogP) is 4.65. The minimum atomic E-state index is 0.934. The first-order valence-corrected chi connectivity index (χ1v) is 6.32. The van der Waals surface area contributed by atoms with Crippen molar-refractivity contribution in [1.82, 2.24) is 0 Å². The molecule has 0 aromatic rings. The van der Waals surface area contributed by atoms with Crippen LogP contribution in [0, 0.1) is 23.7 Å². The summed E-state index contributed by atoms with van der Waals surface area (Å²) in [4.78, 5) is 0. The second-order valence-corrected chi connectivity index (χ2v) is 3.68. The van der Waals surface area contributed by atoms with Crippen molar-refractivity contribution in [2.24, 2.45) is 0 Å². The lowest BCUT2D eigenvalue weighted by molar-refractivity contribution is 0.763. The van der Waals surface area contributed by atoms with Crippen LogP contribution in [0.1, 0.15) is 45.4 Å². The molecule has 0 nitrogen and oxygen atoms in total. The Labute approximate surface area is 107 Å². The molecule has 0 bridgehead atoms. The Bertz CT molecular complexity index is 347. The molecule has 0 amide bonds. The van der Waals surface area contributed by atoms with Gasteiger partial charge in [0.1, 0.15) is 0 Å². The van der Waals surface area contributed by atoms with E-state index in [1.54, 1.807) is 0 Å². The summed E-state index contributed by atoms with van der Waals surface area (Å²) in [5.41, 5.74) is 0. The van der Waals surface area contributed by atoms with Crippen molar-refractivity contribution < 1.29 is 0 Å². The van der Waals surface area contributed by atoms with Crippen LogP contribution in [0.15, 0.2) is 37.0 Å². The molecule has 0 unspecified atom stereocenters. The van der Waals surface area contributed by atoms with Gasteiger partial charge in [-0.2, -0.15) is 0 Å². The molecule has 0 heterocycles. The van der Waals surface area contributed by atoms with E-state index in [0.717, 1.165) is 25.7 Å². The maximum absolute atomic E-state index is 3.70. The zero-order chi connectivity index (χ0) is 12.6. The lowest BCUT2D eigenvalue weighted by Gasteiger charge is -1.90. The van der Waals surface area contributed by atoms with Crippen molar-refractivity contribution in [3.05, 3.63) is 37.0 Å². The third-order valence-electron chi connectivity index (χ3n) is 2.05. The lowest BCUT2D eigenvalue weighted by Crippen LogP contribution is -1.70. The molecule has 0 aromatic carbocycles. The van der Waals surface area contributed by atoms with E-state index in [4.69, 9.17) is 0 Å². The largest absolute Gasteiger partial charge is 0.103 e. The van der Waals surface area contributed by atoms with E-state index in [1.807, 2.05) is 24.3 Å². The second kappa shape index (κ2) is 14.3. The van der Waals surface area contributed by atoms with E-state index in [0.29, 0.717) is 0 Å². The minimum Gasteiger partial charge on any atom is -0.103 e. The SMILES string of the molecule is C=CCCCCC=CC=CC#CC#CCCC. The molecule has 0 aliphatic carbocycles. The minimum absolute atomic E-state index is 0.934. The summed E-state index contributed by atoms with van der Waals surface area (Å²) >= 11 is 0. The van der Waals surface area contributed by atoms with Gasteiger partial charge in [0.15, 0.2) is 0 Å². The predicted molar refractivity (Wildman–Crippen MR) is 77.4 cm³/mol. The topological polar surface area (TPSA) is 0 Å². The fourth-order valence-corrected chi connectivity index (χ4v) is 1.14. The molecule has 0 aromatic heterocycles. The average molecular weight is 226 g/mol. The van der Waals surface area contributed by atoms with Crippen LogP contribution in [0.2, 0.25) is 0 Å². The fraction of sp³-hybridized carbons (Fsp3) is 0.412. The van der Waals surface area contributed by atoms with Crippen molar-refractivity contribution in [3.63, 3.8) is 0 Å². The summed E-state index contributed by atoms with van der Waals surface area (Å²) in [7, 11) is 0. The molecule has 0 heteroatoms. The first kappa shape index (κ1) is 15.3. The molecule has 0 aliphatic heterocycles. The summed E-state index contributed by atoms with van der Waals surface area (Å²) in [5, 5.41) is 0. The number of hydrogen-bond acceptors (Lipinski definition) is 0. The molecule has 0 rings (SSSR count). The molecule has 0 spiro atoms. The van der Waals surface area contributed by atoms with Crippen LogP contribution in [0.25, 0.3) is 0 Å². The van der Waals surface area contributed by atoms with Gasteiger partial charge in [-0.3, -0.25) is 0 Å². The summed E-state index contributed by atoms with van der Waals surface area (Å²) < 4.78 is 0. The van der Waals surface area contributed by atoms with Crippen LogP contribution in [0.4, 0.5) is 0 Å².